The van der Waals surface area contributed by atoms with Crippen molar-refractivity contribution in [2.45, 2.75) is 31.4 Å². The monoisotopic (exact) mass is 292 g/mol. The lowest BCUT2D eigenvalue weighted by Crippen LogP contribution is -2.39. The fourth-order valence-corrected chi connectivity index (χ4v) is 3.01. The summed E-state index contributed by atoms with van der Waals surface area (Å²) in [5.41, 5.74) is 0.362. The number of carbonyl (C=O) groups excluding carboxylic acids is 2. The van der Waals surface area contributed by atoms with E-state index in [1.54, 1.807) is 11.0 Å². The highest BCUT2D eigenvalue weighted by molar-refractivity contribution is 6.04. The van der Waals surface area contributed by atoms with E-state index in [1.807, 2.05) is 0 Å². The van der Waals surface area contributed by atoms with Crippen molar-refractivity contribution in [2.24, 2.45) is 0 Å². The van der Waals surface area contributed by atoms with Crippen molar-refractivity contribution in [1.29, 1.82) is 0 Å². The van der Waals surface area contributed by atoms with Gasteiger partial charge < -0.3 is 10.0 Å². The number of benzene rings is 1. The lowest BCUT2D eigenvalue weighted by atomic mass is 10.0. The molecule has 0 radical (unpaired) electrons. The molecule has 1 N–H and O–H groups in total. The minimum absolute atomic E-state index is 0.131. The Hall–Kier alpha value is -1.95. The lowest BCUT2D eigenvalue weighted by Gasteiger charge is -2.26. The fraction of sp³-hybridized carbons (Fsp3) is 0.467. The van der Waals surface area contributed by atoms with Crippen LogP contribution in [0.4, 0.5) is 9.18 Å². The number of aliphatic hydroxyl groups excluding tert-OH is 1. The van der Waals surface area contributed by atoms with Crippen molar-refractivity contribution in [3.63, 3.8) is 0 Å². The third-order valence-electron chi connectivity index (χ3n) is 4.12. The highest BCUT2D eigenvalue weighted by atomic mass is 19.1. The highest BCUT2D eigenvalue weighted by Crippen LogP contribution is 2.28. The van der Waals surface area contributed by atoms with Crippen LogP contribution in [0.1, 0.15) is 30.9 Å². The first-order valence-corrected chi connectivity index (χ1v) is 7.13. The van der Waals surface area contributed by atoms with Gasteiger partial charge in [0.25, 0.3) is 5.91 Å². The van der Waals surface area contributed by atoms with Gasteiger partial charge in [0.05, 0.1) is 12.6 Å². The maximum Gasteiger partial charge on any atom is 0.327 e. The van der Waals surface area contributed by atoms with Crippen LogP contribution in [-0.4, -0.2) is 46.0 Å². The van der Waals surface area contributed by atoms with Crippen molar-refractivity contribution in [1.82, 2.24) is 9.80 Å². The van der Waals surface area contributed by atoms with Crippen LogP contribution >= 0.6 is 0 Å². The minimum atomic E-state index is -1.07. The van der Waals surface area contributed by atoms with Crippen molar-refractivity contribution in [3.8, 4) is 0 Å². The topological polar surface area (TPSA) is 60.9 Å². The Morgan fingerprint density at radius 1 is 1.33 bits per heavy atom. The van der Waals surface area contributed by atoms with E-state index in [-0.39, 0.29) is 24.5 Å². The van der Waals surface area contributed by atoms with Gasteiger partial charge in [0.15, 0.2) is 0 Å². The maximum atomic E-state index is 13.2. The summed E-state index contributed by atoms with van der Waals surface area (Å²) >= 11 is 0. The van der Waals surface area contributed by atoms with E-state index in [2.05, 4.69) is 0 Å². The van der Waals surface area contributed by atoms with Gasteiger partial charge in [-0.05, 0) is 37.0 Å². The number of nitrogens with zero attached hydrogens (tertiary/aromatic N) is 2. The highest BCUT2D eigenvalue weighted by Gasteiger charge is 2.46. The zero-order valence-corrected chi connectivity index (χ0v) is 11.5. The quantitative estimate of drug-likeness (QED) is 0.862. The number of rotatable bonds is 3. The average Bonchev–Trinajstić information content (AvgIpc) is 2.73. The summed E-state index contributed by atoms with van der Waals surface area (Å²) in [4.78, 5) is 27.2. The molecular formula is C15H17FN2O3. The van der Waals surface area contributed by atoms with E-state index < -0.39 is 11.9 Å². The van der Waals surface area contributed by atoms with Crippen LogP contribution in [0.3, 0.4) is 0 Å². The van der Waals surface area contributed by atoms with Crippen LogP contribution in [0.25, 0.3) is 0 Å². The van der Waals surface area contributed by atoms with Crippen LogP contribution in [0.15, 0.2) is 24.3 Å². The molecule has 2 aliphatic rings. The molecular weight excluding hydrogens is 275 g/mol. The molecule has 1 aromatic carbocycles. The Morgan fingerprint density at radius 2 is 2.14 bits per heavy atom. The Labute approximate surface area is 122 Å². The van der Waals surface area contributed by atoms with E-state index >= 15 is 0 Å². The first-order valence-electron chi connectivity index (χ1n) is 7.13. The molecule has 0 saturated carbocycles. The molecule has 112 valence electrons. The Bertz CT molecular complexity index is 554. The Morgan fingerprint density at radius 3 is 2.86 bits per heavy atom. The number of β-amino-alcohol motifs (C(OH)–C–C–N with tert-alkyl or cyclic N) is 1. The van der Waals surface area contributed by atoms with Crippen LogP contribution < -0.4 is 0 Å². The molecule has 6 heteroatoms. The second-order valence-electron chi connectivity index (χ2n) is 5.51. The van der Waals surface area contributed by atoms with E-state index in [1.165, 1.54) is 18.2 Å². The second kappa shape index (κ2) is 5.44. The third kappa shape index (κ3) is 2.51. The number of amides is 3. The molecule has 0 aliphatic carbocycles. The number of fused-ring (bicyclic) bond motifs is 1. The standard InChI is InChI=1S/C15H17FN2O3/c16-11-5-3-4-10(8-11)13(19)9-18-14(20)12-6-1-2-7-17(12)15(18)21/h3-5,8,12-13,19H,1-2,6-7,9H2/t12-,13-/m1/s1. The number of imide groups is 1. The molecule has 2 aliphatic heterocycles. The summed E-state index contributed by atoms with van der Waals surface area (Å²) in [7, 11) is 0. The molecule has 5 nitrogen and oxygen atoms in total. The molecule has 0 aromatic heterocycles. The predicted octanol–water partition coefficient (Wildman–Crippen LogP) is 1.68. The summed E-state index contributed by atoms with van der Waals surface area (Å²) in [6.07, 6.45) is 1.43. The van der Waals surface area contributed by atoms with E-state index in [9.17, 15) is 19.1 Å². The molecule has 2 saturated heterocycles. The van der Waals surface area contributed by atoms with Crippen molar-refractivity contribution in [2.75, 3.05) is 13.1 Å². The Balaban J connectivity index is 1.75. The average molecular weight is 292 g/mol. The molecule has 0 unspecified atom stereocenters. The smallest absolute Gasteiger partial charge is 0.327 e. The first kappa shape index (κ1) is 14.0. The predicted molar refractivity (Wildman–Crippen MR) is 72.8 cm³/mol. The molecule has 2 heterocycles. The molecule has 0 spiro atoms. The second-order valence-corrected chi connectivity index (χ2v) is 5.51. The largest absolute Gasteiger partial charge is 0.387 e. The van der Waals surface area contributed by atoms with Gasteiger partial charge in [0, 0.05) is 6.54 Å². The number of hydrogen-bond donors (Lipinski definition) is 1. The molecule has 1 aromatic rings. The summed E-state index contributed by atoms with van der Waals surface area (Å²) in [5, 5.41) is 10.1. The number of aliphatic hydroxyl groups is 1. The van der Waals surface area contributed by atoms with Gasteiger partial charge in [-0.1, -0.05) is 12.1 Å². The third-order valence-corrected chi connectivity index (χ3v) is 4.12. The normalized spacial score (nSPS) is 23.4. The molecule has 21 heavy (non-hydrogen) atoms. The van der Waals surface area contributed by atoms with Gasteiger partial charge in [0.1, 0.15) is 11.9 Å². The van der Waals surface area contributed by atoms with Crippen LogP contribution in [0.2, 0.25) is 0 Å². The van der Waals surface area contributed by atoms with Crippen molar-refractivity contribution < 1.29 is 19.1 Å². The minimum Gasteiger partial charge on any atom is -0.387 e. The summed E-state index contributed by atoms with van der Waals surface area (Å²) in [6.45, 7) is 0.454. The number of piperidine rings is 1. The lowest BCUT2D eigenvalue weighted by molar-refractivity contribution is -0.129. The zero-order chi connectivity index (χ0) is 15.0. The summed E-state index contributed by atoms with van der Waals surface area (Å²) in [6, 6.07) is 4.83. The van der Waals surface area contributed by atoms with Gasteiger partial charge in [-0.25, -0.2) is 9.18 Å². The fourth-order valence-electron chi connectivity index (χ4n) is 3.01. The molecule has 2 atom stereocenters. The van der Waals surface area contributed by atoms with E-state index in [0.717, 1.165) is 17.7 Å². The Kier molecular flexibility index (Phi) is 3.63. The molecule has 3 rings (SSSR count). The van der Waals surface area contributed by atoms with Crippen LogP contribution in [-0.2, 0) is 4.79 Å². The van der Waals surface area contributed by atoms with Gasteiger partial charge in [-0.15, -0.1) is 0 Å². The number of halogens is 1. The van der Waals surface area contributed by atoms with Crippen LogP contribution in [0, 0.1) is 5.82 Å². The van der Waals surface area contributed by atoms with Crippen LogP contribution in [0.5, 0.6) is 0 Å². The maximum absolute atomic E-state index is 13.2. The van der Waals surface area contributed by atoms with Gasteiger partial charge in [0.2, 0.25) is 0 Å². The zero-order valence-electron chi connectivity index (χ0n) is 11.5. The van der Waals surface area contributed by atoms with E-state index in [4.69, 9.17) is 0 Å². The molecule has 2 fully saturated rings. The SMILES string of the molecule is O=C1[C@H]2CCCCN2C(=O)N1C[C@@H](O)c1cccc(F)c1. The van der Waals surface area contributed by atoms with Crippen molar-refractivity contribution >= 4 is 11.9 Å². The van der Waals surface area contributed by atoms with E-state index in [0.29, 0.717) is 18.5 Å². The summed E-state index contributed by atoms with van der Waals surface area (Å²) in [5.74, 6) is -0.710. The van der Waals surface area contributed by atoms with Gasteiger partial charge >= 0.3 is 6.03 Å². The molecule has 0 bridgehead atoms. The van der Waals surface area contributed by atoms with Gasteiger partial charge in [-0.3, -0.25) is 9.69 Å². The number of hydrogen-bond acceptors (Lipinski definition) is 3. The number of carbonyl (C=O) groups is 2. The summed E-state index contributed by atoms with van der Waals surface area (Å²) < 4.78 is 13.2. The van der Waals surface area contributed by atoms with Gasteiger partial charge in [-0.2, -0.15) is 0 Å². The number of urea groups is 1. The van der Waals surface area contributed by atoms with Crippen molar-refractivity contribution in [3.05, 3.63) is 35.6 Å². The molecule has 3 amide bonds. The first-order chi connectivity index (χ1) is 10.1.